The van der Waals surface area contributed by atoms with E-state index in [-0.39, 0.29) is 24.0 Å². The predicted molar refractivity (Wildman–Crippen MR) is 124 cm³/mol. The molecule has 0 spiro atoms. The zero-order chi connectivity index (χ0) is 21.6. The van der Waals surface area contributed by atoms with Crippen LogP contribution in [0.2, 0.25) is 0 Å². The van der Waals surface area contributed by atoms with Crippen molar-refractivity contribution in [2.24, 2.45) is 0 Å². The molecule has 0 saturated carbocycles. The van der Waals surface area contributed by atoms with Crippen LogP contribution in [0.4, 0.5) is 0 Å². The highest BCUT2D eigenvalue weighted by Crippen LogP contribution is 2.16. The lowest BCUT2D eigenvalue weighted by molar-refractivity contribution is -0.142. The first-order chi connectivity index (χ1) is 13.6. The van der Waals surface area contributed by atoms with E-state index in [1.165, 1.54) is 0 Å². The molecule has 6 heteroatoms. The van der Waals surface area contributed by atoms with Gasteiger partial charge in [0.15, 0.2) is 6.61 Å². The molecule has 0 heterocycles. The number of carbonyl (C=O) groups is 2. The first-order valence-electron chi connectivity index (χ1n) is 9.61. The number of hydrogen-bond donors (Lipinski definition) is 1. The number of benzene rings is 2. The molecule has 0 bridgehead atoms. The molecule has 2 aromatic carbocycles. The third kappa shape index (κ3) is 7.34. The van der Waals surface area contributed by atoms with Gasteiger partial charge < -0.3 is 15.0 Å². The van der Waals surface area contributed by atoms with E-state index >= 15 is 0 Å². The highest BCUT2D eigenvalue weighted by Gasteiger charge is 2.28. The second kappa shape index (κ2) is 10.1. The first kappa shape index (κ1) is 23.2. The molecule has 2 rings (SSSR count). The van der Waals surface area contributed by atoms with Crippen LogP contribution < -0.4 is 10.1 Å². The molecule has 156 valence electrons. The molecule has 5 nitrogen and oxygen atoms in total. The fraction of sp³-hybridized carbons (Fsp3) is 0.391. The van der Waals surface area contributed by atoms with Crippen LogP contribution in [0.15, 0.2) is 48.5 Å². The summed E-state index contributed by atoms with van der Waals surface area (Å²) in [5.41, 5.74) is 1.71. The Kier molecular flexibility index (Phi) is 8.07. The molecule has 0 aliphatic carbocycles. The molecular formula is C23H29IN2O3. The predicted octanol–water partition coefficient (Wildman–Crippen LogP) is 4.31. The van der Waals surface area contributed by atoms with Crippen molar-refractivity contribution in [2.45, 2.75) is 52.7 Å². The maximum atomic E-state index is 13.0. The Morgan fingerprint density at radius 3 is 2.31 bits per heavy atom. The van der Waals surface area contributed by atoms with E-state index in [1.807, 2.05) is 76.2 Å². The molecule has 0 aliphatic heterocycles. The van der Waals surface area contributed by atoms with Gasteiger partial charge in [-0.3, -0.25) is 9.59 Å². The Balaban J connectivity index is 2.18. The van der Waals surface area contributed by atoms with Gasteiger partial charge in [-0.1, -0.05) is 24.3 Å². The number of nitrogens with zero attached hydrogens (tertiary/aromatic N) is 1. The molecule has 29 heavy (non-hydrogen) atoms. The van der Waals surface area contributed by atoms with Crippen molar-refractivity contribution in [1.29, 1.82) is 0 Å². The zero-order valence-corrected chi connectivity index (χ0v) is 19.8. The van der Waals surface area contributed by atoms with Crippen LogP contribution in [0.3, 0.4) is 0 Å². The lowest BCUT2D eigenvalue weighted by Gasteiger charge is -2.31. The molecule has 1 unspecified atom stereocenters. The van der Waals surface area contributed by atoms with Gasteiger partial charge in [0.1, 0.15) is 11.8 Å². The Labute approximate surface area is 187 Å². The molecular weight excluding hydrogens is 479 g/mol. The topological polar surface area (TPSA) is 58.6 Å². The van der Waals surface area contributed by atoms with Crippen LogP contribution in [0.25, 0.3) is 0 Å². The summed E-state index contributed by atoms with van der Waals surface area (Å²) in [6.07, 6.45) is 0. The minimum atomic E-state index is -0.623. The van der Waals surface area contributed by atoms with Gasteiger partial charge in [0.05, 0.1) is 0 Å². The summed E-state index contributed by atoms with van der Waals surface area (Å²) < 4.78 is 6.77. The van der Waals surface area contributed by atoms with Gasteiger partial charge in [-0.2, -0.15) is 0 Å². The van der Waals surface area contributed by atoms with E-state index in [2.05, 4.69) is 27.9 Å². The number of hydrogen-bond acceptors (Lipinski definition) is 3. The van der Waals surface area contributed by atoms with Crippen LogP contribution in [0.5, 0.6) is 5.75 Å². The largest absolute Gasteiger partial charge is 0.484 e. The molecule has 0 aromatic heterocycles. The van der Waals surface area contributed by atoms with E-state index < -0.39 is 6.04 Å². The van der Waals surface area contributed by atoms with Gasteiger partial charge in [-0.15, -0.1) is 0 Å². The summed E-state index contributed by atoms with van der Waals surface area (Å²) in [4.78, 5) is 27.4. The normalized spacial score (nSPS) is 12.2. The fourth-order valence-electron chi connectivity index (χ4n) is 2.79. The van der Waals surface area contributed by atoms with Crippen LogP contribution in [-0.4, -0.2) is 34.9 Å². The quantitative estimate of drug-likeness (QED) is 0.568. The monoisotopic (exact) mass is 508 g/mol. The Hall–Kier alpha value is -2.09. The van der Waals surface area contributed by atoms with Crippen molar-refractivity contribution in [2.75, 3.05) is 6.61 Å². The number of carbonyl (C=O) groups excluding carboxylic acids is 2. The van der Waals surface area contributed by atoms with Gasteiger partial charge in [0, 0.05) is 15.7 Å². The van der Waals surface area contributed by atoms with E-state index in [4.69, 9.17) is 4.74 Å². The van der Waals surface area contributed by atoms with Gasteiger partial charge in [0.2, 0.25) is 5.91 Å². The van der Waals surface area contributed by atoms with E-state index in [0.717, 1.165) is 14.7 Å². The summed E-state index contributed by atoms with van der Waals surface area (Å²) in [5.74, 6) is 0.207. The number of amides is 2. The maximum absolute atomic E-state index is 13.0. The zero-order valence-electron chi connectivity index (χ0n) is 17.7. The minimum Gasteiger partial charge on any atom is -0.484 e. The van der Waals surface area contributed by atoms with Gasteiger partial charge in [0.25, 0.3) is 5.91 Å². The summed E-state index contributed by atoms with van der Waals surface area (Å²) in [7, 11) is 0. The molecule has 0 fully saturated rings. The lowest BCUT2D eigenvalue weighted by Crippen LogP contribution is -2.53. The number of nitrogens with one attached hydrogen (secondary N) is 1. The average molecular weight is 508 g/mol. The minimum absolute atomic E-state index is 0.125. The number of ether oxygens (including phenoxy) is 1. The molecule has 0 aliphatic rings. The van der Waals surface area contributed by atoms with Gasteiger partial charge in [-0.05, 0) is 92.6 Å². The first-order valence-corrected chi connectivity index (χ1v) is 10.7. The van der Waals surface area contributed by atoms with Crippen molar-refractivity contribution < 1.29 is 14.3 Å². The fourth-order valence-corrected chi connectivity index (χ4v) is 3.15. The molecule has 2 amide bonds. The summed E-state index contributed by atoms with van der Waals surface area (Å²) in [6, 6.07) is 14.8. The SMILES string of the molecule is Cc1ccccc1CN(C(=O)COc1ccc(I)cc1)C(C)C(=O)NC(C)(C)C. The summed E-state index contributed by atoms with van der Waals surface area (Å²) in [6.45, 7) is 9.74. The number of halogens is 1. The van der Waals surface area contributed by atoms with Crippen molar-refractivity contribution >= 4 is 34.4 Å². The lowest BCUT2D eigenvalue weighted by atomic mass is 10.1. The van der Waals surface area contributed by atoms with Gasteiger partial charge >= 0.3 is 0 Å². The summed E-state index contributed by atoms with van der Waals surface area (Å²) in [5, 5.41) is 2.96. The van der Waals surface area contributed by atoms with Crippen molar-refractivity contribution in [1.82, 2.24) is 10.2 Å². The van der Waals surface area contributed by atoms with Crippen molar-refractivity contribution in [3.63, 3.8) is 0 Å². The van der Waals surface area contributed by atoms with Crippen molar-refractivity contribution in [3.05, 3.63) is 63.2 Å². The standard InChI is InChI=1S/C23H29IN2O3/c1-16-8-6-7-9-18(16)14-26(17(2)22(28)25-23(3,4)5)21(27)15-29-20-12-10-19(24)11-13-20/h6-13,17H,14-15H2,1-5H3,(H,25,28). The second-order valence-electron chi connectivity index (χ2n) is 8.11. The maximum Gasteiger partial charge on any atom is 0.261 e. The Morgan fingerprint density at radius 2 is 1.72 bits per heavy atom. The molecule has 0 saturated heterocycles. The highest BCUT2D eigenvalue weighted by molar-refractivity contribution is 14.1. The highest BCUT2D eigenvalue weighted by atomic mass is 127. The second-order valence-corrected chi connectivity index (χ2v) is 9.35. The third-order valence-corrected chi connectivity index (χ3v) is 5.16. The Bertz CT molecular complexity index is 844. The smallest absolute Gasteiger partial charge is 0.261 e. The molecule has 1 atom stereocenters. The van der Waals surface area contributed by atoms with Crippen LogP contribution in [0, 0.1) is 10.5 Å². The van der Waals surface area contributed by atoms with Crippen LogP contribution in [0.1, 0.15) is 38.8 Å². The summed E-state index contributed by atoms with van der Waals surface area (Å²) >= 11 is 2.22. The van der Waals surface area contributed by atoms with E-state index in [0.29, 0.717) is 12.3 Å². The van der Waals surface area contributed by atoms with E-state index in [1.54, 1.807) is 11.8 Å². The molecule has 0 radical (unpaired) electrons. The molecule has 2 aromatic rings. The van der Waals surface area contributed by atoms with E-state index in [9.17, 15) is 9.59 Å². The van der Waals surface area contributed by atoms with Crippen LogP contribution >= 0.6 is 22.6 Å². The van der Waals surface area contributed by atoms with Crippen molar-refractivity contribution in [3.8, 4) is 5.75 Å². The third-order valence-electron chi connectivity index (χ3n) is 4.44. The Morgan fingerprint density at radius 1 is 1.10 bits per heavy atom. The molecule has 1 N–H and O–H groups in total. The average Bonchev–Trinajstić information content (AvgIpc) is 2.65. The number of aryl methyl sites for hydroxylation is 1. The number of rotatable bonds is 7. The van der Waals surface area contributed by atoms with Crippen LogP contribution in [-0.2, 0) is 16.1 Å². The van der Waals surface area contributed by atoms with Gasteiger partial charge in [-0.25, -0.2) is 0 Å².